The fourth-order valence-corrected chi connectivity index (χ4v) is 1.63. The van der Waals surface area contributed by atoms with Gasteiger partial charge >= 0.3 is 0 Å². The van der Waals surface area contributed by atoms with Crippen LogP contribution >= 0.6 is 0 Å². The van der Waals surface area contributed by atoms with E-state index >= 15 is 0 Å². The third-order valence-corrected chi connectivity index (χ3v) is 2.60. The molecule has 1 rings (SSSR count). The molecular formula is C10H20N2. The lowest BCUT2D eigenvalue weighted by molar-refractivity contribution is 0.330. The molecule has 2 unspecified atom stereocenters. The predicted octanol–water partition coefficient (Wildman–Crippen LogP) is 1.23. The maximum Gasteiger partial charge on any atom is 0.0206 e. The lowest BCUT2D eigenvalue weighted by atomic mass is 10.1. The second kappa shape index (κ2) is 4.06. The van der Waals surface area contributed by atoms with Crippen LogP contribution in [0.4, 0.5) is 0 Å². The first-order chi connectivity index (χ1) is 5.59. The van der Waals surface area contributed by atoms with Gasteiger partial charge < -0.3 is 10.6 Å². The summed E-state index contributed by atoms with van der Waals surface area (Å²) in [5.74, 6) is 0.662. The van der Waals surface area contributed by atoms with Gasteiger partial charge in [-0.15, -0.1) is 6.58 Å². The molecule has 1 aliphatic heterocycles. The highest BCUT2D eigenvalue weighted by atomic mass is 15.2. The Labute approximate surface area is 75.4 Å². The first-order valence-electron chi connectivity index (χ1n) is 4.72. The van der Waals surface area contributed by atoms with E-state index in [4.69, 9.17) is 5.73 Å². The summed E-state index contributed by atoms with van der Waals surface area (Å²) in [7, 11) is 0. The largest absolute Gasteiger partial charge is 0.326 e. The topological polar surface area (TPSA) is 29.3 Å². The Hall–Kier alpha value is -0.340. The highest BCUT2D eigenvalue weighted by Crippen LogP contribution is 2.15. The minimum absolute atomic E-state index is 0.384. The first-order valence-corrected chi connectivity index (χ1v) is 4.72. The van der Waals surface area contributed by atoms with Crippen molar-refractivity contribution < 1.29 is 0 Å². The van der Waals surface area contributed by atoms with Crippen LogP contribution in [0.1, 0.15) is 20.3 Å². The molecule has 2 N–H and O–H groups in total. The highest BCUT2D eigenvalue weighted by Gasteiger charge is 2.25. The smallest absolute Gasteiger partial charge is 0.0206 e. The van der Waals surface area contributed by atoms with Gasteiger partial charge in [0.05, 0.1) is 0 Å². The van der Waals surface area contributed by atoms with Crippen molar-refractivity contribution in [2.24, 2.45) is 11.7 Å². The van der Waals surface area contributed by atoms with E-state index < -0.39 is 0 Å². The Balaban J connectivity index is 2.23. The maximum atomic E-state index is 5.91. The molecule has 1 aliphatic rings. The number of nitrogens with zero attached hydrogens (tertiary/aromatic N) is 1. The zero-order valence-corrected chi connectivity index (χ0v) is 8.21. The number of rotatable bonds is 3. The summed E-state index contributed by atoms with van der Waals surface area (Å²) in [6.07, 6.45) is 1.11. The molecule has 0 spiro atoms. The van der Waals surface area contributed by atoms with Gasteiger partial charge in [-0.25, -0.2) is 0 Å². The Morgan fingerprint density at radius 1 is 1.58 bits per heavy atom. The molecule has 0 aromatic carbocycles. The van der Waals surface area contributed by atoms with Crippen LogP contribution in [0.5, 0.6) is 0 Å². The van der Waals surface area contributed by atoms with E-state index in [1.54, 1.807) is 0 Å². The number of nitrogens with two attached hydrogens (primary N) is 1. The lowest BCUT2D eigenvalue weighted by Gasteiger charge is -2.14. The van der Waals surface area contributed by atoms with Gasteiger partial charge in [0, 0.05) is 25.7 Å². The molecule has 2 atom stereocenters. The summed E-state index contributed by atoms with van der Waals surface area (Å²) in [5.41, 5.74) is 7.18. The summed E-state index contributed by atoms with van der Waals surface area (Å²) >= 11 is 0. The molecule has 1 saturated heterocycles. The van der Waals surface area contributed by atoms with E-state index in [-0.39, 0.29) is 0 Å². The van der Waals surface area contributed by atoms with E-state index in [0.717, 1.165) is 26.1 Å². The van der Waals surface area contributed by atoms with Crippen molar-refractivity contribution in [1.82, 2.24) is 4.90 Å². The van der Waals surface area contributed by atoms with Crippen LogP contribution in [-0.2, 0) is 0 Å². The van der Waals surface area contributed by atoms with E-state index in [2.05, 4.69) is 25.3 Å². The fourth-order valence-electron chi connectivity index (χ4n) is 1.63. The normalized spacial score (nSPS) is 30.9. The van der Waals surface area contributed by atoms with Crippen molar-refractivity contribution in [2.45, 2.75) is 26.3 Å². The zero-order chi connectivity index (χ0) is 9.14. The van der Waals surface area contributed by atoms with Crippen molar-refractivity contribution in [3.8, 4) is 0 Å². The van der Waals surface area contributed by atoms with Crippen molar-refractivity contribution in [1.29, 1.82) is 0 Å². The van der Waals surface area contributed by atoms with Crippen molar-refractivity contribution in [2.75, 3.05) is 19.6 Å². The second-order valence-corrected chi connectivity index (χ2v) is 4.11. The summed E-state index contributed by atoms with van der Waals surface area (Å²) in [6.45, 7) is 11.6. The molecule has 0 aromatic rings. The SMILES string of the molecule is C=C(C)CCN1CC(C)C(N)C1. The van der Waals surface area contributed by atoms with Gasteiger partial charge in [-0.1, -0.05) is 12.5 Å². The van der Waals surface area contributed by atoms with Crippen molar-refractivity contribution >= 4 is 0 Å². The highest BCUT2D eigenvalue weighted by molar-refractivity contribution is 4.91. The first kappa shape index (κ1) is 9.75. The molecule has 70 valence electrons. The molecular weight excluding hydrogens is 148 g/mol. The van der Waals surface area contributed by atoms with E-state index in [9.17, 15) is 0 Å². The van der Waals surface area contributed by atoms with Gasteiger partial charge in [0.25, 0.3) is 0 Å². The van der Waals surface area contributed by atoms with Gasteiger partial charge in [0.15, 0.2) is 0 Å². The number of hydrogen-bond donors (Lipinski definition) is 1. The maximum absolute atomic E-state index is 5.91. The standard InChI is InChI=1S/C10H20N2/c1-8(2)4-5-12-6-9(3)10(11)7-12/h9-10H,1,4-7,11H2,2-3H3. The molecule has 12 heavy (non-hydrogen) atoms. The summed E-state index contributed by atoms with van der Waals surface area (Å²) in [6, 6.07) is 0.384. The molecule has 2 nitrogen and oxygen atoms in total. The summed E-state index contributed by atoms with van der Waals surface area (Å²) in [4.78, 5) is 2.43. The molecule has 0 amide bonds. The van der Waals surface area contributed by atoms with Crippen LogP contribution in [0.25, 0.3) is 0 Å². The van der Waals surface area contributed by atoms with E-state index in [0.29, 0.717) is 12.0 Å². The molecule has 1 fully saturated rings. The molecule has 0 radical (unpaired) electrons. The van der Waals surface area contributed by atoms with E-state index in [1.807, 2.05) is 0 Å². The number of hydrogen-bond acceptors (Lipinski definition) is 2. The van der Waals surface area contributed by atoms with Gasteiger partial charge in [-0.2, -0.15) is 0 Å². The summed E-state index contributed by atoms with van der Waals surface area (Å²) in [5, 5.41) is 0. The molecule has 0 aromatic heterocycles. The predicted molar refractivity (Wildman–Crippen MR) is 53.0 cm³/mol. The summed E-state index contributed by atoms with van der Waals surface area (Å²) < 4.78 is 0. The lowest BCUT2D eigenvalue weighted by Crippen LogP contribution is -2.28. The van der Waals surface area contributed by atoms with E-state index in [1.165, 1.54) is 5.57 Å². The molecule has 1 heterocycles. The molecule has 0 bridgehead atoms. The Morgan fingerprint density at radius 2 is 2.25 bits per heavy atom. The third-order valence-electron chi connectivity index (χ3n) is 2.60. The monoisotopic (exact) mass is 168 g/mol. The van der Waals surface area contributed by atoms with Crippen LogP contribution in [-0.4, -0.2) is 30.6 Å². The quantitative estimate of drug-likeness (QED) is 0.642. The van der Waals surface area contributed by atoms with Crippen molar-refractivity contribution in [3.05, 3.63) is 12.2 Å². The minimum Gasteiger partial charge on any atom is -0.326 e. The molecule has 2 heteroatoms. The fraction of sp³-hybridized carbons (Fsp3) is 0.800. The third kappa shape index (κ3) is 2.61. The van der Waals surface area contributed by atoms with Gasteiger partial charge in [0.2, 0.25) is 0 Å². The van der Waals surface area contributed by atoms with Gasteiger partial charge in [-0.05, 0) is 19.3 Å². The Morgan fingerprint density at radius 3 is 2.67 bits per heavy atom. The average molecular weight is 168 g/mol. The molecule has 0 saturated carbocycles. The van der Waals surface area contributed by atoms with Crippen LogP contribution in [0, 0.1) is 5.92 Å². The van der Waals surface area contributed by atoms with Gasteiger partial charge in [-0.3, -0.25) is 0 Å². The molecule has 0 aliphatic carbocycles. The number of likely N-dealkylation sites (tertiary alicyclic amines) is 1. The van der Waals surface area contributed by atoms with Crippen LogP contribution in [0.2, 0.25) is 0 Å². The Kier molecular flexibility index (Phi) is 3.29. The second-order valence-electron chi connectivity index (χ2n) is 4.11. The minimum atomic E-state index is 0.384. The van der Waals surface area contributed by atoms with Crippen LogP contribution < -0.4 is 5.73 Å². The van der Waals surface area contributed by atoms with Crippen LogP contribution in [0.3, 0.4) is 0 Å². The van der Waals surface area contributed by atoms with Crippen LogP contribution in [0.15, 0.2) is 12.2 Å². The zero-order valence-electron chi connectivity index (χ0n) is 8.21. The van der Waals surface area contributed by atoms with Gasteiger partial charge in [0.1, 0.15) is 0 Å². The van der Waals surface area contributed by atoms with Crippen molar-refractivity contribution in [3.63, 3.8) is 0 Å². The Bertz CT molecular complexity index is 155. The average Bonchev–Trinajstić information content (AvgIpc) is 2.28.